The van der Waals surface area contributed by atoms with Crippen molar-refractivity contribution >= 4 is 74.0 Å². The summed E-state index contributed by atoms with van der Waals surface area (Å²) in [5.41, 5.74) is 1.78. The summed E-state index contributed by atoms with van der Waals surface area (Å²) in [6.07, 6.45) is 0.221. The summed E-state index contributed by atoms with van der Waals surface area (Å²) < 4.78 is 0.121. The van der Waals surface area contributed by atoms with Gasteiger partial charge in [0.2, 0.25) is 9.70 Å². The maximum absolute atomic E-state index is 12.3. The van der Waals surface area contributed by atoms with Crippen LogP contribution in [0.2, 0.25) is 0 Å². The van der Waals surface area contributed by atoms with Crippen molar-refractivity contribution < 1.29 is 4.79 Å². The molecule has 1 amide bonds. The number of thioether (sulfide) groups is 1. The van der Waals surface area contributed by atoms with Gasteiger partial charge in [-0.25, -0.2) is 4.98 Å². The van der Waals surface area contributed by atoms with Crippen LogP contribution in [0.1, 0.15) is 5.56 Å². The van der Waals surface area contributed by atoms with E-state index in [0.717, 1.165) is 20.1 Å². The van der Waals surface area contributed by atoms with Gasteiger partial charge >= 0.3 is 0 Å². The molecule has 1 aromatic heterocycles. The third-order valence-corrected chi connectivity index (χ3v) is 6.70. The van der Waals surface area contributed by atoms with Gasteiger partial charge in [0.15, 0.2) is 4.34 Å². The number of aromatic nitrogens is 1. The standard InChI is InChI=1S/C17H13Cl3N2OS2/c18-17(19,20)15(22-14(23)10-11-6-2-1-3-7-11)25-16-21-12-8-4-5-9-13(12)24-16/h1-9,15H,10H2,(H,22,23)/t15-/m1/s1. The first-order chi connectivity index (χ1) is 11.9. The van der Waals surface area contributed by atoms with Gasteiger partial charge in [0.05, 0.1) is 16.6 Å². The number of nitrogens with zero attached hydrogens (tertiary/aromatic N) is 1. The first kappa shape index (κ1) is 18.8. The van der Waals surface area contributed by atoms with Crippen LogP contribution in [0, 0.1) is 0 Å². The molecule has 0 saturated carbocycles. The van der Waals surface area contributed by atoms with Gasteiger partial charge in [-0.2, -0.15) is 0 Å². The smallest absolute Gasteiger partial charge is 0.225 e. The molecule has 3 rings (SSSR count). The molecule has 0 aliphatic carbocycles. The summed E-state index contributed by atoms with van der Waals surface area (Å²) in [6.45, 7) is 0. The van der Waals surface area contributed by atoms with Crippen LogP contribution in [-0.2, 0) is 11.2 Å². The largest absolute Gasteiger partial charge is 0.340 e. The number of benzene rings is 2. The quantitative estimate of drug-likeness (QED) is 0.332. The van der Waals surface area contributed by atoms with Gasteiger partial charge in [-0.05, 0) is 17.7 Å². The van der Waals surface area contributed by atoms with Crippen molar-refractivity contribution in [1.82, 2.24) is 10.3 Å². The maximum atomic E-state index is 12.3. The minimum atomic E-state index is -1.66. The van der Waals surface area contributed by atoms with Crippen LogP contribution in [0.25, 0.3) is 10.2 Å². The number of amides is 1. The Hall–Kier alpha value is -0.980. The molecule has 2 aromatic carbocycles. The molecule has 0 unspecified atom stereocenters. The number of nitrogens with one attached hydrogen (secondary N) is 1. The molecule has 0 fully saturated rings. The summed E-state index contributed by atoms with van der Waals surface area (Å²) in [7, 11) is 0. The fourth-order valence-corrected chi connectivity index (χ4v) is 4.85. The molecular weight excluding hydrogens is 419 g/mol. The summed E-state index contributed by atoms with van der Waals surface area (Å²) in [5, 5.41) is 2.05. The number of carbonyl (C=O) groups excluding carboxylic acids is 1. The first-order valence-electron chi connectivity index (χ1n) is 7.34. The molecule has 1 heterocycles. The molecule has 25 heavy (non-hydrogen) atoms. The number of carbonyl (C=O) groups is 1. The molecule has 0 saturated heterocycles. The molecule has 3 nitrogen and oxygen atoms in total. The Morgan fingerprint density at radius 3 is 2.48 bits per heavy atom. The number of thiazole rings is 1. The lowest BCUT2D eigenvalue weighted by molar-refractivity contribution is -0.120. The third-order valence-electron chi connectivity index (χ3n) is 3.29. The van der Waals surface area contributed by atoms with E-state index in [1.807, 2.05) is 54.6 Å². The van der Waals surface area contributed by atoms with Crippen molar-refractivity contribution in [2.24, 2.45) is 0 Å². The highest BCUT2D eigenvalue weighted by atomic mass is 35.6. The molecule has 0 radical (unpaired) electrons. The SMILES string of the molecule is O=C(Cc1ccccc1)N[C@H](Sc1nc2ccccc2s1)C(Cl)(Cl)Cl. The van der Waals surface area contributed by atoms with Crippen LogP contribution in [-0.4, -0.2) is 20.1 Å². The number of fused-ring (bicyclic) bond motifs is 1. The molecule has 130 valence electrons. The van der Waals surface area contributed by atoms with Gasteiger partial charge < -0.3 is 5.32 Å². The van der Waals surface area contributed by atoms with Crippen molar-refractivity contribution in [3.63, 3.8) is 0 Å². The fraction of sp³-hybridized carbons (Fsp3) is 0.176. The molecule has 0 aliphatic rings. The molecular formula is C17H13Cl3N2OS2. The highest BCUT2D eigenvalue weighted by Crippen LogP contribution is 2.41. The Kier molecular flexibility index (Phi) is 6.12. The Morgan fingerprint density at radius 2 is 1.80 bits per heavy atom. The van der Waals surface area contributed by atoms with Crippen LogP contribution in [0.4, 0.5) is 0 Å². The minimum Gasteiger partial charge on any atom is -0.340 e. The van der Waals surface area contributed by atoms with E-state index in [4.69, 9.17) is 34.8 Å². The van der Waals surface area contributed by atoms with E-state index in [1.54, 1.807) is 0 Å². The lowest BCUT2D eigenvalue weighted by atomic mass is 10.1. The van der Waals surface area contributed by atoms with Crippen LogP contribution in [0.5, 0.6) is 0 Å². The zero-order valence-electron chi connectivity index (χ0n) is 12.8. The molecule has 0 bridgehead atoms. The van der Waals surface area contributed by atoms with Gasteiger partial charge in [-0.1, -0.05) is 89.0 Å². The predicted molar refractivity (Wildman–Crippen MR) is 108 cm³/mol. The third kappa shape index (κ3) is 5.25. The van der Waals surface area contributed by atoms with Crippen molar-refractivity contribution in [2.75, 3.05) is 0 Å². The van der Waals surface area contributed by atoms with Gasteiger partial charge in [0.1, 0.15) is 5.37 Å². The van der Waals surface area contributed by atoms with Crippen molar-refractivity contribution in [3.8, 4) is 0 Å². The predicted octanol–water partition coefficient (Wildman–Crippen LogP) is 5.44. The highest BCUT2D eigenvalue weighted by molar-refractivity contribution is 8.02. The van der Waals surface area contributed by atoms with Gasteiger partial charge in [-0.3, -0.25) is 4.79 Å². The second-order valence-corrected chi connectivity index (χ2v) is 9.97. The fourth-order valence-electron chi connectivity index (χ4n) is 2.16. The molecule has 3 aromatic rings. The topological polar surface area (TPSA) is 42.0 Å². The summed E-state index contributed by atoms with van der Waals surface area (Å²) >= 11 is 20.9. The van der Waals surface area contributed by atoms with Crippen molar-refractivity contribution in [3.05, 3.63) is 60.2 Å². The first-order valence-corrected chi connectivity index (χ1v) is 10.2. The Labute approximate surface area is 168 Å². The number of hydrogen-bond donors (Lipinski definition) is 1. The second kappa shape index (κ2) is 8.14. The Morgan fingerprint density at radius 1 is 1.12 bits per heavy atom. The van der Waals surface area contributed by atoms with Gasteiger partial charge in [0, 0.05) is 0 Å². The number of hydrogen-bond acceptors (Lipinski definition) is 4. The van der Waals surface area contributed by atoms with E-state index in [1.165, 1.54) is 23.1 Å². The van der Waals surface area contributed by atoms with E-state index < -0.39 is 9.17 Å². The average Bonchev–Trinajstić information content (AvgIpc) is 2.96. The number of rotatable bonds is 5. The van der Waals surface area contributed by atoms with Crippen LogP contribution >= 0.6 is 57.9 Å². The second-order valence-electron chi connectivity index (χ2n) is 5.22. The summed E-state index contributed by atoms with van der Waals surface area (Å²) in [4.78, 5) is 16.8. The molecule has 0 spiro atoms. The van der Waals surface area contributed by atoms with E-state index in [0.29, 0.717) is 0 Å². The Balaban J connectivity index is 1.72. The summed E-state index contributed by atoms with van der Waals surface area (Å²) in [5.74, 6) is -0.212. The molecule has 8 heteroatoms. The monoisotopic (exact) mass is 430 g/mol. The molecule has 1 atom stereocenters. The van der Waals surface area contributed by atoms with Gasteiger partial charge in [0.25, 0.3) is 0 Å². The minimum absolute atomic E-state index is 0.212. The number of para-hydroxylation sites is 1. The van der Waals surface area contributed by atoms with Gasteiger partial charge in [-0.15, -0.1) is 11.3 Å². The average molecular weight is 432 g/mol. The Bertz CT molecular complexity index is 832. The highest BCUT2D eigenvalue weighted by Gasteiger charge is 2.35. The number of alkyl halides is 3. The van der Waals surface area contributed by atoms with Crippen molar-refractivity contribution in [2.45, 2.75) is 19.9 Å². The maximum Gasteiger partial charge on any atom is 0.225 e. The molecule has 1 N–H and O–H groups in total. The molecule has 0 aliphatic heterocycles. The van der Waals surface area contributed by atoms with Crippen LogP contribution < -0.4 is 5.32 Å². The zero-order chi connectivity index (χ0) is 17.9. The lowest BCUT2D eigenvalue weighted by Crippen LogP contribution is -2.42. The normalized spacial score (nSPS) is 12.9. The van der Waals surface area contributed by atoms with E-state index in [2.05, 4.69) is 10.3 Å². The zero-order valence-corrected chi connectivity index (χ0v) is 16.7. The number of halogens is 3. The van der Waals surface area contributed by atoms with Crippen LogP contribution in [0.15, 0.2) is 58.9 Å². The van der Waals surface area contributed by atoms with E-state index in [9.17, 15) is 4.79 Å². The lowest BCUT2D eigenvalue weighted by Gasteiger charge is -2.24. The summed E-state index contributed by atoms with van der Waals surface area (Å²) in [6, 6.07) is 17.2. The van der Waals surface area contributed by atoms with E-state index >= 15 is 0 Å². The van der Waals surface area contributed by atoms with Crippen molar-refractivity contribution in [1.29, 1.82) is 0 Å². The van der Waals surface area contributed by atoms with E-state index in [-0.39, 0.29) is 12.3 Å². The van der Waals surface area contributed by atoms with Crippen LogP contribution in [0.3, 0.4) is 0 Å².